The summed E-state index contributed by atoms with van der Waals surface area (Å²) in [5.41, 5.74) is 1.95. The third-order valence-corrected chi connectivity index (χ3v) is 6.02. The van der Waals surface area contributed by atoms with Crippen molar-refractivity contribution >= 4 is 17.5 Å². The second-order valence-corrected chi connectivity index (χ2v) is 8.07. The minimum atomic E-state index is 0.521. The second kappa shape index (κ2) is 8.15. The smallest absolute Gasteiger partial charge is 0.134 e. The molecule has 2 aromatic rings. The molecule has 6 heteroatoms. The molecule has 0 saturated carbocycles. The molecule has 2 aliphatic heterocycles. The van der Waals surface area contributed by atoms with Crippen LogP contribution >= 0.6 is 0 Å². The average Bonchev–Trinajstić information content (AvgIpc) is 3.14. The number of piperidine rings is 1. The van der Waals surface area contributed by atoms with Crippen molar-refractivity contribution < 1.29 is 0 Å². The van der Waals surface area contributed by atoms with Crippen LogP contribution in [-0.2, 0) is 0 Å². The minimum Gasteiger partial charge on any atom is -0.354 e. The molecule has 4 rings (SSSR count). The molecule has 2 fully saturated rings. The van der Waals surface area contributed by atoms with Crippen molar-refractivity contribution in [2.24, 2.45) is 0 Å². The minimum absolute atomic E-state index is 0.521. The lowest BCUT2D eigenvalue weighted by atomic mass is 9.90. The number of nitrogens with one attached hydrogen (secondary N) is 1. The molecule has 0 radical (unpaired) electrons. The molecule has 0 bridgehead atoms. The molecule has 0 aromatic carbocycles. The summed E-state index contributed by atoms with van der Waals surface area (Å²) in [6.07, 6.45) is 6.45. The molecule has 2 aromatic heterocycles. The van der Waals surface area contributed by atoms with Crippen molar-refractivity contribution in [2.45, 2.75) is 44.6 Å². The molecule has 6 nitrogen and oxygen atoms in total. The van der Waals surface area contributed by atoms with Gasteiger partial charge in [0.2, 0.25) is 0 Å². The van der Waals surface area contributed by atoms with Gasteiger partial charge in [-0.3, -0.25) is 0 Å². The number of hydrogen-bond donors (Lipinski definition) is 1. The van der Waals surface area contributed by atoms with E-state index in [0.29, 0.717) is 23.3 Å². The van der Waals surface area contributed by atoms with Crippen molar-refractivity contribution in [1.29, 1.82) is 5.26 Å². The van der Waals surface area contributed by atoms with Crippen LogP contribution in [0.1, 0.15) is 49.7 Å². The Kier molecular flexibility index (Phi) is 5.45. The van der Waals surface area contributed by atoms with E-state index in [1.807, 2.05) is 0 Å². The molecular formula is C22H28N6. The highest BCUT2D eigenvalue weighted by molar-refractivity contribution is 5.59. The van der Waals surface area contributed by atoms with Crippen molar-refractivity contribution in [3.8, 4) is 6.07 Å². The number of nitrogens with zero attached hydrogens (tertiary/aromatic N) is 5. The molecule has 0 unspecified atom stereocenters. The average molecular weight is 377 g/mol. The van der Waals surface area contributed by atoms with Crippen LogP contribution in [-0.4, -0.2) is 47.6 Å². The summed E-state index contributed by atoms with van der Waals surface area (Å²) >= 11 is 0. The predicted molar refractivity (Wildman–Crippen MR) is 112 cm³/mol. The van der Waals surface area contributed by atoms with Crippen LogP contribution in [0.25, 0.3) is 0 Å². The Morgan fingerprint density at radius 3 is 2.64 bits per heavy atom. The highest BCUT2D eigenvalue weighted by atomic mass is 15.2. The van der Waals surface area contributed by atoms with Crippen molar-refractivity contribution in [3.05, 3.63) is 41.6 Å². The van der Waals surface area contributed by atoms with E-state index in [1.54, 1.807) is 18.3 Å². The third kappa shape index (κ3) is 4.10. The standard InChI is InChI=1S/C22H28N6/c1-16-4-3-9-28(16)22-14-19(18-6-10-27(2)11-7-18)13-21(26-22)25-20-12-17(15-23)5-8-24-20/h5,8,12-14,16,18H,3-4,6-7,9-11H2,1-2H3,(H,24,25,26)/t16-/m1/s1. The van der Waals surface area contributed by atoms with E-state index in [9.17, 15) is 0 Å². The summed E-state index contributed by atoms with van der Waals surface area (Å²) in [6.45, 7) is 5.61. The van der Waals surface area contributed by atoms with E-state index in [0.717, 1.165) is 31.3 Å². The van der Waals surface area contributed by atoms with Crippen LogP contribution in [0.2, 0.25) is 0 Å². The lowest BCUT2D eigenvalue weighted by Gasteiger charge is -2.30. The Labute approximate surface area is 167 Å². The maximum atomic E-state index is 9.15. The van der Waals surface area contributed by atoms with Gasteiger partial charge >= 0.3 is 0 Å². The van der Waals surface area contributed by atoms with E-state index in [-0.39, 0.29) is 0 Å². The lowest BCUT2D eigenvalue weighted by Crippen LogP contribution is -2.30. The zero-order chi connectivity index (χ0) is 19.5. The first-order valence-electron chi connectivity index (χ1n) is 10.2. The van der Waals surface area contributed by atoms with Gasteiger partial charge in [-0.05, 0) is 88.5 Å². The number of anilines is 3. The maximum absolute atomic E-state index is 9.15. The molecule has 1 atom stereocenters. The summed E-state index contributed by atoms with van der Waals surface area (Å²) in [4.78, 5) is 14.1. The fourth-order valence-electron chi connectivity index (χ4n) is 4.30. The number of rotatable bonds is 4. The Morgan fingerprint density at radius 1 is 1.11 bits per heavy atom. The SMILES string of the molecule is C[C@@H]1CCCN1c1cc(C2CCN(C)CC2)cc(Nc2cc(C#N)ccn2)n1. The Hall–Kier alpha value is -2.65. The number of likely N-dealkylation sites (tertiary alicyclic amines) is 1. The molecule has 146 valence electrons. The third-order valence-electron chi connectivity index (χ3n) is 6.02. The van der Waals surface area contributed by atoms with Crippen LogP contribution in [0.4, 0.5) is 17.5 Å². The van der Waals surface area contributed by atoms with Gasteiger partial charge in [-0.25, -0.2) is 9.97 Å². The molecule has 2 aliphatic rings. The molecule has 0 amide bonds. The van der Waals surface area contributed by atoms with Crippen LogP contribution in [0, 0.1) is 11.3 Å². The van der Waals surface area contributed by atoms with Gasteiger partial charge in [-0.1, -0.05) is 0 Å². The van der Waals surface area contributed by atoms with Crippen molar-refractivity contribution in [1.82, 2.24) is 14.9 Å². The molecule has 28 heavy (non-hydrogen) atoms. The maximum Gasteiger partial charge on any atom is 0.134 e. The van der Waals surface area contributed by atoms with E-state index >= 15 is 0 Å². The van der Waals surface area contributed by atoms with Crippen molar-refractivity contribution in [2.75, 3.05) is 36.9 Å². The summed E-state index contributed by atoms with van der Waals surface area (Å²) in [7, 11) is 2.20. The molecule has 1 N–H and O–H groups in total. The Morgan fingerprint density at radius 2 is 1.93 bits per heavy atom. The molecule has 0 aliphatic carbocycles. The highest BCUT2D eigenvalue weighted by Gasteiger charge is 2.25. The number of hydrogen-bond acceptors (Lipinski definition) is 6. The van der Waals surface area contributed by atoms with Gasteiger partial charge in [0.1, 0.15) is 17.5 Å². The Bertz CT molecular complexity index is 866. The van der Waals surface area contributed by atoms with Crippen LogP contribution in [0.5, 0.6) is 0 Å². The van der Waals surface area contributed by atoms with Gasteiger partial charge in [-0.2, -0.15) is 5.26 Å². The number of nitriles is 1. The second-order valence-electron chi connectivity index (χ2n) is 8.07. The Balaban J connectivity index is 1.66. The highest BCUT2D eigenvalue weighted by Crippen LogP contribution is 2.33. The van der Waals surface area contributed by atoms with Gasteiger partial charge < -0.3 is 15.1 Å². The zero-order valence-electron chi connectivity index (χ0n) is 16.7. The largest absolute Gasteiger partial charge is 0.354 e. The topological polar surface area (TPSA) is 68.1 Å². The lowest BCUT2D eigenvalue weighted by molar-refractivity contribution is 0.255. The van der Waals surface area contributed by atoms with Crippen LogP contribution in [0.15, 0.2) is 30.5 Å². The van der Waals surface area contributed by atoms with E-state index < -0.39 is 0 Å². The quantitative estimate of drug-likeness (QED) is 0.873. The fraction of sp³-hybridized carbons (Fsp3) is 0.500. The van der Waals surface area contributed by atoms with E-state index in [1.165, 1.54) is 31.2 Å². The molecule has 4 heterocycles. The normalized spacial score (nSPS) is 20.9. The number of aromatic nitrogens is 2. The van der Waals surface area contributed by atoms with Gasteiger partial charge in [0, 0.05) is 18.8 Å². The summed E-state index contributed by atoms with van der Waals surface area (Å²) in [6, 6.07) is 10.6. The monoisotopic (exact) mass is 376 g/mol. The van der Waals surface area contributed by atoms with E-state index in [4.69, 9.17) is 10.2 Å². The zero-order valence-corrected chi connectivity index (χ0v) is 16.7. The van der Waals surface area contributed by atoms with Crippen LogP contribution < -0.4 is 10.2 Å². The first-order chi connectivity index (χ1) is 13.6. The van der Waals surface area contributed by atoms with Crippen molar-refractivity contribution in [3.63, 3.8) is 0 Å². The summed E-state index contributed by atoms with van der Waals surface area (Å²) in [5, 5.41) is 12.5. The summed E-state index contributed by atoms with van der Waals surface area (Å²) in [5.74, 6) is 3.09. The van der Waals surface area contributed by atoms with Crippen LogP contribution in [0.3, 0.4) is 0 Å². The molecule has 2 saturated heterocycles. The molecular weight excluding hydrogens is 348 g/mol. The van der Waals surface area contributed by atoms with Gasteiger partial charge in [0.25, 0.3) is 0 Å². The van der Waals surface area contributed by atoms with Gasteiger partial charge in [-0.15, -0.1) is 0 Å². The summed E-state index contributed by atoms with van der Waals surface area (Å²) < 4.78 is 0. The van der Waals surface area contributed by atoms with Gasteiger partial charge in [0.05, 0.1) is 11.6 Å². The first kappa shape index (κ1) is 18.7. The van der Waals surface area contributed by atoms with Gasteiger partial charge in [0.15, 0.2) is 0 Å². The fourth-order valence-corrected chi connectivity index (χ4v) is 4.30. The number of pyridine rings is 2. The van der Waals surface area contributed by atoms with E-state index in [2.05, 4.69) is 52.3 Å². The first-order valence-corrected chi connectivity index (χ1v) is 10.2. The predicted octanol–water partition coefficient (Wildman–Crippen LogP) is 3.89. The molecule has 0 spiro atoms.